The predicted octanol–water partition coefficient (Wildman–Crippen LogP) is 7.30. The van der Waals surface area contributed by atoms with Gasteiger partial charge in [0, 0.05) is 12.5 Å². The van der Waals surface area contributed by atoms with Gasteiger partial charge < -0.3 is 9.84 Å². The van der Waals surface area contributed by atoms with Crippen molar-refractivity contribution in [2.24, 2.45) is 4.99 Å². The van der Waals surface area contributed by atoms with Crippen LogP contribution < -0.4 is 15.2 Å². The van der Waals surface area contributed by atoms with Gasteiger partial charge in [-0.1, -0.05) is 51.9 Å². The Labute approximate surface area is 241 Å². The number of phenolic OH excluding ortho intramolecular Hbond substituents is 1. The van der Waals surface area contributed by atoms with Crippen molar-refractivity contribution in [3.05, 3.63) is 73.8 Å². The second kappa shape index (κ2) is 9.96. The summed E-state index contributed by atoms with van der Waals surface area (Å²) in [6.45, 7) is 0. The molecule has 6 rings (SSSR count). The number of amidine groups is 1. The average molecular weight is 623 g/mol. The number of fused-ring (bicyclic) bond motifs is 2. The van der Waals surface area contributed by atoms with E-state index < -0.39 is 33.3 Å². The number of hydrazine groups is 1. The number of hydrogen-bond donors (Lipinski definition) is 2. The van der Waals surface area contributed by atoms with Crippen LogP contribution in [-0.4, -0.2) is 32.9 Å². The lowest BCUT2D eigenvalue weighted by molar-refractivity contribution is -0.387. The minimum atomic E-state index is -1.14. The highest BCUT2D eigenvalue weighted by molar-refractivity contribution is 7.23. The number of thiazole rings is 2. The fraction of sp³-hybridized carbons (Fsp3) is 0.125. The third-order valence-electron chi connectivity index (χ3n) is 6.14. The van der Waals surface area contributed by atoms with Crippen LogP contribution in [0.2, 0.25) is 10.0 Å². The average Bonchev–Trinajstić information content (AvgIpc) is 3.65. The van der Waals surface area contributed by atoms with Gasteiger partial charge >= 0.3 is 5.69 Å². The van der Waals surface area contributed by atoms with Crippen molar-refractivity contribution in [2.75, 3.05) is 12.1 Å². The molecule has 10 nitrogen and oxygen atoms in total. The van der Waals surface area contributed by atoms with Crippen LogP contribution in [0.4, 0.5) is 24.7 Å². The van der Waals surface area contributed by atoms with Crippen LogP contribution in [0, 0.1) is 21.7 Å². The van der Waals surface area contributed by atoms with Crippen molar-refractivity contribution in [1.82, 2.24) is 15.4 Å². The number of nitrogens with zero attached hydrogens (tertiary/aromatic N) is 5. The first kappa shape index (κ1) is 26.4. The molecule has 2 N–H and O–H groups in total. The summed E-state index contributed by atoms with van der Waals surface area (Å²) in [6, 6.07) is 8.28. The highest BCUT2D eigenvalue weighted by Gasteiger charge is 2.34. The maximum Gasteiger partial charge on any atom is 0.308 e. The summed E-state index contributed by atoms with van der Waals surface area (Å²) in [5.41, 5.74) is 3.80. The predicted molar refractivity (Wildman–Crippen MR) is 151 cm³/mol. The number of benzene rings is 3. The molecule has 16 heteroatoms. The van der Waals surface area contributed by atoms with Crippen molar-refractivity contribution in [3.63, 3.8) is 0 Å². The normalized spacial score (nSPS) is 16.3. The van der Waals surface area contributed by atoms with Gasteiger partial charge in [-0.05, 0) is 29.8 Å². The molecule has 1 unspecified atom stereocenters. The number of aromatic hydroxyl groups is 1. The van der Waals surface area contributed by atoms with Crippen LogP contribution in [0.1, 0.15) is 18.0 Å². The number of anilines is 1. The molecule has 0 aliphatic carbocycles. The van der Waals surface area contributed by atoms with Gasteiger partial charge in [0.1, 0.15) is 16.7 Å². The second-order valence-corrected chi connectivity index (χ2v) is 11.2. The summed E-state index contributed by atoms with van der Waals surface area (Å²) in [5, 5.41) is 23.2. The van der Waals surface area contributed by atoms with Crippen molar-refractivity contribution >= 4 is 88.1 Å². The Bertz CT molecular complexity index is 1880. The molecule has 0 amide bonds. The van der Waals surface area contributed by atoms with Gasteiger partial charge in [0.2, 0.25) is 16.1 Å². The van der Waals surface area contributed by atoms with Crippen molar-refractivity contribution in [3.8, 4) is 11.5 Å². The van der Waals surface area contributed by atoms with E-state index in [0.29, 0.717) is 27.6 Å². The standard InChI is InChI=1S/C24H14Cl2F2N6O4S2/c1-38-16-6-9(2-5-15(16)35)13-8-17(32-33(13)24-30-11-4-3-10(27)18(25)21(11)40-24)31-23-29-12-7-14(34(36)37)20(28)19(26)22(12)39-23/h2-7,13,35H,8H2,1H3,(H,29,31,32). The first-order valence-corrected chi connectivity index (χ1v) is 13.7. The summed E-state index contributed by atoms with van der Waals surface area (Å²) < 4.78 is 34.5. The Morgan fingerprint density at radius 2 is 1.93 bits per heavy atom. The molecule has 3 heterocycles. The van der Waals surface area contributed by atoms with E-state index in [0.717, 1.165) is 23.0 Å². The molecule has 204 valence electrons. The molecular weight excluding hydrogens is 609 g/mol. The van der Waals surface area contributed by atoms with E-state index in [1.165, 1.54) is 36.6 Å². The molecule has 2 aromatic heterocycles. The fourth-order valence-electron chi connectivity index (χ4n) is 4.26. The minimum Gasteiger partial charge on any atom is -0.504 e. The zero-order valence-electron chi connectivity index (χ0n) is 20.0. The number of nitrogens with one attached hydrogen (secondary N) is 1. The molecule has 0 spiro atoms. The molecule has 0 radical (unpaired) electrons. The summed E-state index contributed by atoms with van der Waals surface area (Å²) in [6.07, 6.45) is 0.310. The van der Waals surface area contributed by atoms with Gasteiger partial charge in [-0.2, -0.15) is 4.39 Å². The zero-order valence-corrected chi connectivity index (χ0v) is 23.1. The largest absolute Gasteiger partial charge is 0.504 e. The van der Waals surface area contributed by atoms with E-state index in [1.54, 1.807) is 17.1 Å². The number of nitro benzene ring substituents is 1. The molecule has 40 heavy (non-hydrogen) atoms. The number of aromatic nitrogens is 2. The van der Waals surface area contributed by atoms with Gasteiger partial charge in [0.15, 0.2) is 11.5 Å². The molecule has 0 saturated carbocycles. The monoisotopic (exact) mass is 622 g/mol. The lowest BCUT2D eigenvalue weighted by atomic mass is 10.0. The Kier molecular flexibility index (Phi) is 6.57. The molecule has 1 aliphatic heterocycles. The van der Waals surface area contributed by atoms with Gasteiger partial charge in [-0.15, -0.1) is 0 Å². The number of halogens is 4. The molecule has 3 aromatic carbocycles. The summed E-state index contributed by atoms with van der Waals surface area (Å²) >= 11 is 14.4. The number of phenols is 1. The smallest absolute Gasteiger partial charge is 0.308 e. The first-order chi connectivity index (χ1) is 19.1. The minimum absolute atomic E-state index is 0.0347. The Balaban J connectivity index is 1.43. The number of aliphatic imine (C=N–C) groups is 1. The van der Waals surface area contributed by atoms with Gasteiger partial charge in [-0.25, -0.2) is 19.4 Å². The lowest BCUT2D eigenvalue weighted by Gasteiger charge is -2.23. The Hall–Kier alpha value is -3.85. The van der Waals surface area contributed by atoms with Crippen LogP contribution >= 0.6 is 45.9 Å². The third-order valence-corrected chi connectivity index (χ3v) is 9.16. The number of hydrogen-bond acceptors (Lipinski definition) is 10. The number of methoxy groups -OCH3 is 1. The summed E-state index contributed by atoms with van der Waals surface area (Å²) in [5.74, 6) is -1.03. The topological polar surface area (TPSA) is 126 Å². The first-order valence-electron chi connectivity index (χ1n) is 11.3. The van der Waals surface area contributed by atoms with E-state index in [4.69, 9.17) is 27.9 Å². The van der Waals surface area contributed by atoms with E-state index in [-0.39, 0.29) is 31.9 Å². The summed E-state index contributed by atoms with van der Waals surface area (Å²) in [7, 11) is 1.44. The van der Waals surface area contributed by atoms with E-state index in [1.807, 2.05) is 0 Å². The maximum atomic E-state index is 14.4. The highest BCUT2D eigenvalue weighted by atomic mass is 35.5. The van der Waals surface area contributed by atoms with Gasteiger partial charge in [0.25, 0.3) is 0 Å². The molecule has 5 aromatic rings. The Morgan fingerprint density at radius 1 is 1.15 bits per heavy atom. The van der Waals surface area contributed by atoms with Crippen molar-refractivity contribution < 1.29 is 23.5 Å². The molecule has 1 fully saturated rings. The maximum absolute atomic E-state index is 14.4. The quantitative estimate of drug-likeness (QED) is 0.154. The molecule has 1 aliphatic rings. The van der Waals surface area contributed by atoms with Crippen LogP contribution in [0.3, 0.4) is 0 Å². The number of nitro groups is 1. The third kappa shape index (κ3) is 4.42. The SMILES string of the molecule is COc1cc(C2C/C(=N/c3nc4cc([N+](=O)[O-])c(F)c(Cl)c4s3)NN2c2nc3ccc(F)c(Cl)c3s2)ccc1O. The Morgan fingerprint density at radius 3 is 2.67 bits per heavy atom. The van der Waals surface area contributed by atoms with E-state index in [2.05, 4.69) is 20.4 Å². The van der Waals surface area contributed by atoms with Crippen LogP contribution in [0.25, 0.3) is 20.4 Å². The lowest BCUT2D eigenvalue weighted by Crippen LogP contribution is -2.34. The molecule has 1 saturated heterocycles. The highest BCUT2D eigenvalue weighted by Crippen LogP contribution is 2.43. The molecule has 1 atom stereocenters. The van der Waals surface area contributed by atoms with E-state index in [9.17, 15) is 24.0 Å². The zero-order chi connectivity index (χ0) is 28.3. The fourth-order valence-corrected chi connectivity index (χ4v) is 6.72. The molecular formula is C24H14Cl2F2N6O4S2. The second-order valence-electron chi connectivity index (χ2n) is 8.52. The van der Waals surface area contributed by atoms with Gasteiger partial charge in [0.05, 0.1) is 43.5 Å². The van der Waals surface area contributed by atoms with Crippen molar-refractivity contribution in [2.45, 2.75) is 12.5 Å². The van der Waals surface area contributed by atoms with Crippen LogP contribution in [-0.2, 0) is 0 Å². The van der Waals surface area contributed by atoms with Crippen molar-refractivity contribution in [1.29, 1.82) is 0 Å². The molecule has 0 bridgehead atoms. The number of rotatable bonds is 5. The number of ether oxygens (including phenoxy) is 1. The van der Waals surface area contributed by atoms with E-state index >= 15 is 0 Å². The van der Waals surface area contributed by atoms with Gasteiger partial charge in [-0.3, -0.25) is 20.5 Å². The van der Waals surface area contributed by atoms with Crippen LogP contribution in [0.5, 0.6) is 11.5 Å². The van der Waals surface area contributed by atoms with Crippen LogP contribution in [0.15, 0.2) is 41.4 Å². The summed E-state index contributed by atoms with van der Waals surface area (Å²) in [4.78, 5) is 23.8.